The first-order valence-corrected chi connectivity index (χ1v) is 5.34. The lowest BCUT2D eigenvalue weighted by Crippen LogP contribution is -2.17. The largest absolute Gasteiger partial charge is 0.464 e. The molecule has 1 aromatic rings. The van der Waals surface area contributed by atoms with E-state index in [4.69, 9.17) is 0 Å². The predicted octanol–water partition coefficient (Wildman–Crippen LogP) is 2.41. The second-order valence-corrected chi connectivity index (χ2v) is 4.12. The molecular weight excluding hydrogens is 334 g/mol. The number of methoxy groups -OCH3 is 2. The smallest absolute Gasteiger partial charge is 0.418 e. The van der Waals surface area contributed by atoms with Crippen molar-refractivity contribution in [3.8, 4) is 0 Å². The van der Waals surface area contributed by atoms with Gasteiger partial charge in [0.15, 0.2) is 5.69 Å². The van der Waals surface area contributed by atoms with Crippen molar-refractivity contribution in [1.82, 2.24) is 4.57 Å². The van der Waals surface area contributed by atoms with Crippen molar-refractivity contribution in [2.75, 3.05) is 14.2 Å². The van der Waals surface area contributed by atoms with E-state index in [2.05, 4.69) is 41.3 Å². The molecule has 0 saturated heterocycles. The molecule has 0 aromatic carbocycles. The summed E-state index contributed by atoms with van der Waals surface area (Å²) in [4.78, 5) is 22.7. The highest BCUT2D eigenvalue weighted by atomic mass is 79.9. The topological polar surface area (TPSA) is 57.5 Å². The number of rotatable bonds is 1. The molecule has 0 aliphatic rings. The molecule has 0 fully saturated rings. The van der Waals surface area contributed by atoms with Crippen LogP contribution < -0.4 is 0 Å². The van der Waals surface area contributed by atoms with Gasteiger partial charge in [-0.1, -0.05) is 0 Å². The number of halogens is 2. The summed E-state index contributed by atoms with van der Waals surface area (Å²) in [6, 6.07) is 0. The molecule has 0 aliphatic carbocycles. The first-order chi connectivity index (χ1) is 7.02. The number of carbonyl (C=O) groups excluding carboxylic acids is 2. The van der Waals surface area contributed by atoms with Crippen molar-refractivity contribution in [2.24, 2.45) is 0 Å². The number of ether oxygens (including phenoxy) is 2. The molecule has 0 N–H and O–H groups in total. The zero-order valence-electron chi connectivity index (χ0n) is 7.91. The SMILES string of the molecule is COC(=O)c1c(Br)c(Br)cn1C(=O)OC. The van der Waals surface area contributed by atoms with Gasteiger partial charge in [-0.2, -0.15) is 0 Å². The zero-order valence-corrected chi connectivity index (χ0v) is 11.1. The van der Waals surface area contributed by atoms with Crippen LogP contribution in [-0.4, -0.2) is 30.8 Å². The molecule has 0 unspecified atom stereocenters. The molecule has 0 amide bonds. The molecule has 1 heterocycles. The molecule has 1 aromatic heterocycles. The summed E-state index contributed by atoms with van der Waals surface area (Å²) in [6.07, 6.45) is 0.754. The summed E-state index contributed by atoms with van der Waals surface area (Å²) in [7, 11) is 2.46. The minimum Gasteiger partial charge on any atom is -0.464 e. The average Bonchev–Trinajstić information content (AvgIpc) is 2.53. The van der Waals surface area contributed by atoms with Gasteiger partial charge in [-0.15, -0.1) is 0 Å². The quantitative estimate of drug-likeness (QED) is 0.737. The third-order valence-electron chi connectivity index (χ3n) is 1.65. The number of esters is 1. The minimum absolute atomic E-state index is 0.0798. The van der Waals surface area contributed by atoms with E-state index in [1.165, 1.54) is 20.4 Å². The highest BCUT2D eigenvalue weighted by molar-refractivity contribution is 9.13. The van der Waals surface area contributed by atoms with Crippen molar-refractivity contribution in [1.29, 1.82) is 0 Å². The summed E-state index contributed by atoms with van der Waals surface area (Å²) in [5.74, 6) is -0.627. The van der Waals surface area contributed by atoms with E-state index in [1.54, 1.807) is 0 Å². The zero-order chi connectivity index (χ0) is 11.6. The fraction of sp³-hybridized carbons (Fsp3) is 0.250. The van der Waals surface area contributed by atoms with Crippen molar-refractivity contribution >= 4 is 43.9 Å². The average molecular weight is 341 g/mol. The van der Waals surface area contributed by atoms with Crippen LogP contribution in [-0.2, 0) is 9.47 Å². The van der Waals surface area contributed by atoms with Gasteiger partial charge in [-0.3, -0.25) is 0 Å². The molecule has 0 spiro atoms. The monoisotopic (exact) mass is 339 g/mol. The van der Waals surface area contributed by atoms with Crippen LogP contribution in [0.5, 0.6) is 0 Å². The van der Waals surface area contributed by atoms with Crippen LogP contribution in [0.1, 0.15) is 10.5 Å². The third kappa shape index (κ3) is 2.23. The Morgan fingerprint density at radius 1 is 1.27 bits per heavy atom. The Kier molecular flexibility index (Phi) is 3.92. The number of carbonyl (C=O) groups is 2. The van der Waals surface area contributed by atoms with Crippen LogP contribution in [0.2, 0.25) is 0 Å². The molecule has 7 heteroatoms. The van der Waals surface area contributed by atoms with E-state index in [-0.39, 0.29) is 5.69 Å². The first kappa shape index (κ1) is 12.3. The van der Waals surface area contributed by atoms with Crippen molar-refractivity contribution < 1.29 is 19.1 Å². The Labute approximate surface area is 103 Å². The van der Waals surface area contributed by atoms with E-state index in [1.807, 2.05) is 0 Å². The van der Waals surface area contributed by atoms with E-state index in [0.717, 1.165) is 4.57 Å². The Morgan fingerprint density at radius 2 is 1.87 bits per heavy atom. The fourth-order valence-electron chi connectivity index (χ4n) is 0.980. The minimum atomic E-state index is -0.665. The summed E-state index contributed by atoms with van der Waals surface area (Å²) < 4.78 is 11.1. The normalized spacial score (nSPS) is 9.87. The molecule has 0 atom stereocenters. The van der Waals surface area contributed by atoms with Crippen LogP contribution >= 0.6 is 31.9 Å². The lowest BCUT2D eigenvalue weighted by Gasteiger charge is -2.04. The Bertz CT molecular complexity index is 413. The van der Waals surface area contributed by atoms with Gasteiger partial charge in [0.1, 0.15) is 0 Å². The predicted molar refractivity (Wildman–Crippen MR) is 59.0 cm³/mol. The van der Waals surface area contributed by atoms with Gasteiger partial charge in [-0.25, -0.2) is 14.2 Å². The molecule has 0 bridgehead atoms. The van der Waals surface area contributed by atoms with Gasteiger partial charge in [0.25, 0.3) is 0 Å². The molecule has 15 heavy (non-hydrogen) atoms. The summed E-state index contributed by atoms with van der Waals surface area (Å²) in [5.41, 5.74) is 0.0798. The van der Waals surface area contributed by atoms with Gasteiger partial charge in [-0.05, 0) is 31.9 Å². The maximum atomic E-state index is 11.4. The van der Waals surface area contributed by atoms with Crippen LogP contribution in [0.4, 0.5) is 4.79 Å². The maximum absolute atomic E-state index is 11.4. The lowest BCUT2D eigenvalue weighted by atomic mass is 10.4. The van der Waals surface area contributed by atoms with E-state index < -0.39 is 12.1 Å². The van der Waals surface area contributed by atoms with Gasteiger partial charge < -0.3 is 9.47 Å². The first-order valence-electron chi connectivity index (χ1n) is 3.76. The van der Waals surface area contributed by atoms with Crippen molar-refractivity contribution in [3.63, 3.8) is 0 Å². The molecular formula is C8H7Br2NO4. The highest BCUT2D eigenvalue weighted by Gasteiger charge is 2.23. The fourth-order valence-corrected chi connectivity index (χ4v) is 1.83. The summed E-state index contributed by atoms with van der Waals surface area (Å²) in [6.45, 7) is 0. The Morgan fingerprint density at radius 3 is 2.33 bits per heavy atom. The van der Waals surface area contributed by atoms with Crippen molar-refractivity contribution in [3.05, 3.63) is 20.8 Å². The van der Waals surface area contributed by atoms with E-state index in [0.29, 0.717) is 8.95 Å². The standard InChI is InChI=1S/C8H7Br2NO4/c1-14-7(12)6-5(10)4(9)3-11(6)8(13)15-2/h3H,1-2H3. The maximum Gasteiger partial charge on any atom is 0.418 e. The van der Waals surface area contributed by atoms with Crippen LogP contribution in [0.15, 0.2) is 15.1 Å². The second kappa shape index (κ2) is 4.80. The number of hydrogen-bond donors (Lipinski definition) is 0. The number of hydrogen-bond acceptors (Lipinski definition) is 4. The molecule has 0 aliphatic heterocycles. The van der Waals surface area contributed by atoms with Gasteiger partial charge in [0.05, 0.1) is 23.2 Å². The van der Waals surface area contributed by atoms with Gasteiger partial charge >= 0.3 is 12.1 Å². The highest BCUT2D eigenvalue weighted by Crippen LogP contribution is 2.29. The van der Waals surface area contributed by atoms with Crippen LogP contribution in [0.3, 0.4) is 0 Å². The van der Waals surface area contributed by atoms with Crippen LogP contribution in [0, 0.1) is 0 Å². The third-order valence-corrected chi connectivity index (χ3v) is 3.59. The summed E-state index contributed by atoms with van der Waals surface area (Å²) in [5, 5.41) is 0. The van der Waals surface area contributed by atoms with Crippen LogP contribution in [0.25, 0.3) is 0 Å². The van der Waals surface area contributed by atoms with E-state index in [9.17, 15) is 9.59 Å². The van der Waals surface area contributed by atoms with Crippen molar-refractivity contribution in [2.45, 2.75) is 0 Å². The molecule has 0 saturated carbocycles. The number of nitrogens with zero attached hydrogens (tertiary/aromatic N) is 1. The Hall–Kier alpha value is -0.820. The second-order valence-electron chi connectivity index (χ2n) is 2.47. The molecule has 5 nitrogen and oxygen atoms in total. The number of aromatic nitrogens is 1. The summed E-state index contributed by atoms with van der Waals surface area (Å²) >= 11 is 6.34. The van der Waals surface area contributed by atoms with Gasteiger partial charge in [0, 0.05) is 6.20 Å². The molecule has 1 rings (SSSR count). The van der Waals surface area contributed by atoms with E-state index >= 15 is 0 Å². The lowest BCUT2D eigenvalue weighted by molar-refractivity contribution is 0.0586. The molecule has 0 radical (unpaired) electrons. The molecule has 82 valence electrons. The Balaban J connectivity index is 3.33. The van der Waals surface area contributed by atoms with Gasteiger partial charge in [0.2, 0.25) is 0 Å².